The first kappa shape index (κ1) is 42.0. The van der Waals surface area contributed by atoms with Crippen LogP contribution in [0.5, 0.6) is 5.75 Å². The smallest absolute Gasteiger partial charge is 0.410 e. The van der Waals surface area contributed by atoms with Crippen molar-refractivity contribution in [2.75, 3.05) is 26.7 Å². The minimum atomic E-state index is -0.691. The van der Waals surface area contributed by atoms with E-state index >= 15 is 0 Å². The van der Waals surface area contributed by atoms with Gasteiger partial charge in [-0.3, -0.25) is 14.6 Å². The van der Waals surface area contributed by atoms with Gasteiger partial charge >= 0.3 is 6.09 Å². The van der Waals surface area contributed by atoms with E-state index in [0.717, 1.165) is 70.5 Å². The summed E-state index contributed by atoms with van der Waals surface area (Å²) in [4.78, 5) is 50.3. The number of rotatable bonds is 11. The maximum atomic E-state index is 13.3. The lowest BCUT2D eigenvalue weighted by Gasteiger charge is -2.31. The van der Waals surface area contributed by atoms with Gasteiger partial charge in [0.2, 0.25) is 11.8 Å². The Balaban J connectivity index is 1.12. The van der Waals surface area contributed by atoms with Gasteiger partial charge in [0.05, 0.1) is 35.1 Å². The molecule has 2 aliphatic heterocycles. The Morgan fingerprint density at radius 3 is 2.42 bits per heavy atom. The van der Waals surface area contributed by atoms with E-state index in [9.17, 15) is 14.4 Å². The molecule has 0 spiro atoms. The Labute approximate surface area is 355 Å². The molecular weight excluding hydrogens is 789 g/mol. The lowest BCUT2D eigenvalue weighted by Crippen LogP contribution is -2.43. The molecule has 12 nitrogen and oxygen atoms in total. The van der Waals surface area contributed by atoms with Crippen LogP contribution in [0.2, 0.25) is 10.0 Å². The monoisotopic (exact) mass is 839 g/mol. The van der Waals surface area contributed by atoms with Gasteiger partial charge in [0.25, 0.3) is 0 Å². The van der Waals surface area contributed by atoms with Crippen molar-refractivity contribution < 1.29 is 23.9 Å². The van der Waals surface area contributed by atoms with Crippen LogP contribution in [0.3, 0.4) is 0 Å². The van der Waals surface area contributed by atoms with Crippen molar-refractivity contribution in [2.45, 2.75) is 84.2 Å². The van der Waals surface area contributed by atoms with Gasteiger partial charge in [-0.1, -0.05) is 53.5 Å². The number of carbonyl (C=O) groups is 3. The Bertz CT molecular complexity index is 2380. The topological polar surface area (TPSA) is 131 Å². The normalized spacial score (nSPS) is 16.0. The van der Waals surface area contributed by atoms with Gasteiger partial charge in [-0.05, 0) is 69.9 Å². The van der Waals surface area contributed by atoms with Crippen LogP contribution >= 0.6 is 23.2 Å². The van der Waals surface area contributed by atoms with E-state index in [2.05, 4.69) is 27.9 Å². The molecule has 0 aliphatic carbocycles. The molecule has 0 bridgehead atoms. The number of amides is 3. The third-order valence-electron chi connectivity index (χ3n) is 11.0. The molecule has 3 aromatic heterocycles. The maximum absolute atomic E-state index is 13.3. The van der Waals surface area contributed by atoms with E-state index < -0.39 is 11.7 Å². The highest BCUT2D eigenvalue weighted by Gasteiger charge is 2.29. The molecule has 5 aromatic rings. The quantitative estimate of drug-likeness (QED) is 0.136. The number of fused-ring (bicyclic) bond motifs is 1. The van der Waals surface area contributed by atoms with Crippen molar-refractivity contribution in [3.8, 4) is 39.4 Å². The average molecular weight is 841 g/mol. The number of carbonyl (C=O) groups excluding carboxylic acids is 3. The van der Waals surface area contributed by atoms with Crippen LogP contribution in [-0.4, -0.2) is 86.7 Å². The number of hydrogen-bond donors (Lipinski definition) is 2. The van der Waals surface area contributed by atoms with Gasteiger partial charge in [0.1, 0.15) is 17.0 Å². The predicted molar refractivity (Wildman–Crippen MR) is 231 cm³/mol. The molecule has 1 atom stereocenters. The van der Waals surface area contributed by atoms with Gasteiger partial charge in [0.15, 0.2) is 0 Å². The van der Waals surface area contributed by atoms with E-state index in [0.29, 0.717) is 59.0 Å². The van der Waals surface area contributed by atoms with E-state index in [1.165, 1.54) is 0 Å². The van der Waals surface area contributed by atoms with Crippen LogP contribution in [-0.2, 0) is 34.5 Å². The molecule has 2 N–H and O–H groups in total. The standard InChI is InChI=1S/C45H51Cl2N7O5/c1-27(55)53-20-17-31(18-21-53)49-23-30-24-52(5)43-33(30)13-14-37(51-43)36-9-7-8-34(40(36)46)35-16-19-48-42(41(35)47)28-10-11-29(38(22-28)58-6)25-54(44(57)59-45(2,3)4)26-32-12-15-39(56)50-32/h7-11,13-14,16,19,22,24,31-32,49H,12,15,17-18,20-21,23,25-26H2,1-6H3,(H,50,56)/t32-/m0/s1. The summed E-state index contributed by atoms with van der Waals surface area (Å²) in [6.07, 6.45) is 6.29. The third-order valence-corrected chi connectivity index (χ3v) is 11.8. The average Bonchev–Trinajstić information content (AvgIpc) is 3.77. The number of benzene rings is 2. The third kappa shape index (κ3) is 9.51. The van der Waals surface area contributed by atoms with Gasteiger partial charge in [-0.15, -0.1) is 0 Å². The molecule has 2 aliphatic rings. The van der Waals surface area contributed by atoms with Crippen LogP contribution in [0.4, 0.5) is 4.79 Å². The molecule has 7 rings (SSSR count). The molecule has 2 aromatic carbocycles. The van der Waals surface area contributed by atoms with Crippen molar-refractivity contribution in [2.24, 2.45) is 7.05 Å². The summed E-state index contributed by atoms with van der Waals surface area (Å²) in [7, 11) is 3.58. The van der Waals surface area contributed by atoms with Gasteiger partial charge in [0, 0.05) is 104 Å². The summed E-state index contributed by atoms with van der Waals surface area (Å²) in [5.41, 5.74) is 6.31. The molecule has 0 unspecified atom stereocenters. The Hall–Kier alpha value is -5.17. The molecule has 0 radical (unpaired) electrons. The zero-order chi connectivity index (χ0) is 42.0. The van der Waals surface area contributed by atoms with Crippen LogP contribution in [0.1, 0.15) is 64.5 Å². The van der Waals surface area contributed by atoms with Crippen molar-refractivity contribution in [1.82, 2.24) is 35.0 Å². The minimum absolute atomic E-state index is 0.0237. The van der Waals surface area contributed by atoms with Crippen LogP contribution in [0.25, 0.3) is 44.7 Å². The molecule has 310 valence electrons. The summed E-state index contributed by atoms with van der Waals surface area (Å²) in [5, 5.41) is 8.64. The lowest BCUT2D eigenvalue weighted by molar-refractivity contribution is -0.130. The number of ether oxygens (including phenoxy) is 2. The second-order valence-electron chi connectivity index (χ2n) is 16.4. The van der Waals surface area contributed by atoms with Crippen LogP contribution in [0.15, 0.2) is 67.0 Å². The Morgan fingerprint density at radius 1 is 0.983 bits per heavy atom. The largest absolute Gasteiger partial charge is 0.496 e. The van der Waals surface area contributed by atoms with Crippen molar-refractivity contribution in [3.05, 3.63) is 88.2 Å². The SMILES string of the molecule is COc1cc(-c2nccc(-c3cccc(-c4ccc5c(CNC6CCN(C(C)=O)CC6)cn(C)c5n4)c3Cl)c2Cl)ccc1CN(C[C@@H]1CCC(=O)N1)C(=O)OC(C)(C)C. The first-order valence-corrected chi connectivity index (χ1v) is 20.8. The highest BCUT2D eigenvalue weighted by Crippen LogP contribution is 2.42. The number of aryl methyl sites for hydroxylation is 1. The number of halogens is 2. The first-order chi connectivity index (χ1) is 28.2. The molecule has 59 heavy (non-hydrogen) atoms. The molecule has 5 heterocycles. The Morgan fingerprint density at radius 2 is 1.73 bits per heavy atom. The number of pyridine rings is 2. The summed E-state index contributed by atoms with van der Waals surface area (Å²) >= 11 is 14.4. The van der Waals surface area contributed by atoms with E-state index in [-0.39, 0.29) is 24.4 Å². The van der Waals surface area contributed by atoms with E-state index in [1.54, 1.807) is 25.1 Å². The fraction of sp³-hybridized carbons (Fsp3) is 0.400. The maximum Gasteiger partial charge on any atom is 0.410 e. The van der Waals surface area contributed by atoms with Crippen LogP contribution < -0.4 is 15.4 Å². The molecule has 2 saturated heterocycles. The van der Waals surface area contributed by atoms with Gasteiger partial charge in [-0.25, -0.2) is 9.78 Å². The van der Waals surface area contributed by atoms with Crippen molar-refractivity contribution in [3.63, 3.8) is 0 Å². The zero-order valence-corrected chi connectivity index (χ0v) is 35.9. The number of piperidine rings is 1. The van der Waals surface area contributed by atoms with Gasteiger partial charge in [-0.2, -0.15) is 0 Å². The lowest BCUT2D eigenvalue weighted by atomic mass is 9.99. The van der Waals surface area contributed by atoms with Crippen molar-refractivity contribution >= 4 is 52.1 Å². The summed E-state index contributed by atoms with van der Waals surface area (Å²) in [5.74, 6) is 0.661. The molecule has 0 saturated carbocycles. The first-order valence-electron chi connectivity index (χ1n) is 20.0. The van der Waals surface area contributed by atoms with Crippen molar-refractivity contribution in [1.29, 1.82) is 0 Å². The fourth-order valence-corrected chi connectivity index (χ4v) is 8.55. The molecule has 2 fully saturated rings. The van der Waals surface area contributed by atoms with Gasteiger partial charge < -0.3 is 34.5 Å². The summed E-state index contributed by atoms with van der Waals surface area (Å²) < 4.78 is 13.6. The van der Waals surface area contributed by atoms with E-state index in [4.69, 9.17) is 37.7 Å². The summed E-state index contributed by atoms with van der Waals surface area (Å²) in [6.45, 7) is 9.89. The second kappa shape index (κ2) is 17.6. The minimum Gasteiger partial charge on any atom is -0.496 e. The fourth-order valence-electron chi connectivity index (χ4n) is 7.91. The molecule has 14 heteroatoms. The Kier molecular flexibility index (Phi) is 12.5. The number of hydrogen-bond acceptors (Lipinski definition) is 8. The molecule has 3 amide bonds. The van der Waals surface area contributed by atoms with E-state index in [1.807, 2.05) is 85.8 Å². The number of methoxy groups -OCH3 is 1. The second-order valence-corrected chi connectivity index (χ2v) is 17.1. The number of nitrogens with one attached hydrogen (secondary N) is 2. The number of aromatic nitrogens is 3. The number of nitrogens with zero attached hydrogens (tertiary/aromatic N) is 5. The zero-order valence-electron chi connectivity index (χ0n) is 34.4. The summed E-state index contributed by atoms with van der Waals surface area (Å²) in [6, 6.07) is 17.6. The highest BCUT2D eigenvalue weighted by atomic mass is 35.5. The number of likely N-dealkylation sites (tertiary alicyclic amines) is 1. The molecular formula is C45H51Cl2N7O5. The highest BCUT2D eigenvalue weighted by molar-refractivity contribution is 6.39. The predicted octanol–water partition coefficient (Wildman–Crippen LogP) is 8.40. The van der Waals surface area contributed by atoms with Crippen LogP contribution in [0, 0.1) is 0 Å².